The molecule has 3 heteroatoms. The molecule has 0 radical (unpaired) electrons. The summed E-state index contributed by atoms with van der Waals surface area (Å²) in [5.74, 6) is 0.652. The molecule has 3 nitrogen and oxygen atoms in total. The van der Waals surface area contributed by atoms with Crippen LogP contribution in [0.3, 0.4) is 0 Å². The zero-order valence-corrected chi connectivity index (χ0v) is 11.7. The van der Waals surface area contributed by atoms with Crippen LogP contribution in [0, 0.1) is 11.8 Å². The van der Waals surface area contributed by atoms with Crippen molar-refractivity contribution in [2.75, 3.05) is 13.1 Å². The average molecular weight is 241 g/mol. The minimum Gasteiger partial charge on any atom is -0.480 e. The van der Waals surface area contributed by atoms with Gasteiger partial charge in [0.1, 0.15) is 5.54 Å². The summed E-state index contributed by atoms with van der Waals surface area (Å²) in [6, 6.07) is 0. The van der Waals surface area contributed by atoms with Crippen LogP contribution < -0.4 is 0 Å². The van der Waals surface area contributed by atoms with E-state index in [9.17, 15) is 9.90 Å². The van der Waals surface area contributed by atoms with Gasteiger partial charge in [0.05, 0.1) is 0 Å². The Balaban J connectivity index is 2.66. The van der Waals surface area contributed by atoms with E-state index < -0.39 is 11.5 Å². The van der Waals surface area contributed by atoms with Crippen LogP contribution in [-0.4, -0.2) is 34.6 Å². The van der Waals surface area contributed by atoms with Crippen molar-refractivity contribution in [3.05, 3.63) is 0 Å². The number of carbonyl (C=O) groups is 1. The summed E-state index contributed by atoms with van der Waals surface area (Å²) in [7, 11) is 0. The van der Waals surface area contributed by atoms with E-state index in [1.807, 2.05) is 6.92 Å². The van der Waals surface area contributed by atoms with Crippen molar-refractivity contribution in [3.8, 4) is 0 Å². The number of aliphatic carboxylic acids is 1. The molecule has 1 aliphatic rings. The molecule has 1 N–H and O–H groups in total. The molecule has 1 heterocycles. The zero-order chi connectivity index (χ0) is 13.1. The van der Waals surface area contributed by atoms with Crippen LogP contribution in [0.15, 0.2) is 0 Å². The minimum atomic E-state index is -0.662. The number of hydrogen-bond donors (Lipinski definition) is 1. The fourth-order valence-electron chi connectivity index (χ4n) is 2.47. The molecule has 0 spiro atoms. The SMILES string of the molecule is CC(C)CCC(C)(C(=O)O)N1CCC(C)CC1. The van der Waals surface area contributed by atoms with Crippen LogP contribution in [0.5, 0.6) is 0 Å². The molecule has 0 aliphatic carbocycles. The maximum Gasteiger partial charge on any atom is 0.323 e. The lowest BCUT2D eigenvalue weighted by molar-refractivity contribution is -0.152. The van der Waals surface area contributed by atoms with Crippen LogP contribution in [0.25, 0.3) is 0 Å². The third-order valence-corrected chi connectivity index (χ3v) is 4.15. The third-order valence-electron chi connectivity index (χ3n) is 4.15. The molecule has 17 heavy (non-hydrogen) atoms. The Bertz CT molecular complexity index is 257. The molecule has 1 saturated heterocycles. The highest BCUT2D eigenvalue weighted by Crippen LogP contribution is 2.29. The molecule has 0 saturated carbocycles. The summed E-state index contributed by atoms with van der Waals surface area (Å²) in [6.07, 6.45) is 4.00. The molecular weight excluding hydrogens is 214 g/mol. The molecule has 0 aromatic heterocycles. The molecule has 0 aromatic carbocycles. The van der Waals surface area contributed by atoms with E-state index in [0.29, 0.717) is 5.92 Å². The van der Waals surface area contributed by atoms with Gasteiger partial charge in [0.15, 0.2) is 0 Å². The highest BCUT2D eigenvalue weighted by Gasteiger charge is 2.40. The van der Waals surface area contributed by atoms with Gasteiger partial charge in [0.2, 0.25) is 0 Å². The Morgan fingerprint density at radius 2 is 1.94 bits per heavy atom. The van der Waals surface area contributed by atoms with Gasteiger partial charge in [-0.15, -0.1) is 0 Å². The summed E-state index contributed by atoms with van der Waals surface area (Å²) < 4.78 is 0. The summed E-state index contributed by atoms with van der Waals surface area (Å²) in [4.78, 5) is 13.8. The van der Waals surface area contributed by atoms with Crippen LogP contribution in [0.4, 0.5) is 0 Å². The summed E-state index contributed by atoms with van der Waals surface area (Å²) in [5.41, 5.74) is -0.662. The average Bonchev–Trinajstić information content (AvgIpc) is 2.26. The number of carboxylic acid groups (broad SMARTS) is 1. The highest BCUT2D eigenvalue weighted by atomic mass is 16.4. The topological polar surface area (TPSA) is 40.5 Å². The normalized spacial score (nSPS) is 22.6. The molecule has 100 valence electrons. The first-order valence-corrected chi connectivity index (χ1v) is 6.84. The summed E-state index contributed by atoms with van der Waals surface area (Å²) >= 11 is 0. The molecule has 1 rings (SSSR count). The quantitative estimate of drug-likeness (QED) is 0.804. The van der Waals surface area contributed by atoms with Crippen molar-refractivity contribution in [2.45, 2.75) is 58.9 Å². The predicted molar refractivity (Wildman–Crippen MR) is 70.1 cm³/mol. The highest BCUT2D eigenvalue weighted by molar-refractivity contribution is 5.78. The van der Waals surface area contributed by atoms with Gasteiger partial charge in [-0.1, -0.05) is 20.8 Å². The number of likely N-dealkylation sites (tertiary alicyclic amines) is 1. The fourth-order valence-corrected chi connectivity index (χ4v) is 2.47. The van der Waals surface area contributed by atoms with Crippen molar-refractivity contribution in [1.82, 2.24) is 4.90 Å². The Hall–Kier alpha value is -0.570. The number of nitrogens with zero attached hydrogens (tertiary/aromatic N) is 1. The van der Waals surface area contributed by atoms with Crippen LogP contribution in [0.1, 0.15) is 53.4 Å². The Morgan fingerprint density at radius 3 is 2.35 bits per heavy atom. The molecule has 0 amide bonds. The molecule has 0 bridgehead atoms. The predicted octanol–water partition coefficient (Wildman–Crippen LogP) is 3.00. The molecule has 1 aliphatic heterocycles. The molecule has 1 atom stereocenters. The molecule has 1 fully saturated rings. The Labute approximate surface area is 105 Å². The number of carboxylic acids is 1. The van der Waals surface area contributed by atoms with Gasteiger partial charge in [-0.3, -0.25) is 9.69 Å². The lowest BCUT2D eigenvalue weighted by atomic mass is 9.87. The Morgan fingerprint density at radius 1 is 1.41 bits per heavy atom. The lowest BCUT2D eigenvalue weighted by Crippen LogP contribution is -2.55. The van der Waals surface area contributed by atoms with Crippen molar-refractivity contribution in [3.63, 3.8) is 0 Å². The third kappa shape index (κ3) is 3.70. The fraction of sp³-hybridized carbons (Fsp3) is 0.929. The van der Waals surface area contributed by atoms with E-state index >= 15 is 0 Å². The monoisotopic (exact) mass is 241 g/mol. The second-order valence-electron chi connectivity index (χ2n) is 6.18. The van der Waals surface area contributed by atoms with Gasteiger partial charge < -0.3 is 5.11 Å². The van der Waals surface area contributed by atoms with Gasteiger partial charge in [-0.25, -0.2) is 0 Å². The van der Waals surface area contributed by atoms with Crippen molar-refractivity contribution in [1.29, 1.82) is 0 Å². The summed E-state index contributed by atoms with van der Waals surface area (Å²) in [5, 5.41) is 9.52. The standard InChI is InChI=1S/C14H27NO2/c1-11(2)5-8-14(4,13(16)17)15-9-6-12(3)7-10-15/h11-12H,5-10H2,1-4H3,(H,16,17). The maximum absolute atomic E-state index is 11.6. The minimum absolute atomic E-state index is 0.567. The molecule has 1 unspecified atom stereocenters. The van der Waals surface area contributed by atoms with Gasteiger partial charge in [-0.05, 0) is 57.5 Å². The smallest absolute Gasteiger partial charge is 0.323 e. The number of hydrogen-bond acceptors (Lipinski definition) is 2. The lowest BCUT2D eigenvalue weighted by Gasteiger charge is -2.42. The Kier molecular flexibility index (Phi) is 4.99. The van der Waals surface area contributed by atoms with Crippen LogP contribution >= 0.6 is 0 Å². The number of piperidine rings is 1. The first kappa shape index (κ1) is 14.5. The molecule has 0 aromatic rings. The van der Waals surface area contributed by atoms with E-state index in [1.54, 1.807) is 0 Å². The largest absolute Gasteiger partial charge is 0.480 e. The maximum atomic E-state index is 11.6. The summed E-state index contributed by atoms with van der Waals surface area (Å²) in [6.45, 7) is 10.3. The van der Waals surface area contributed by atoms with Gasteiger partial charge in [0.25, 0.3) is 0 Å². The van der Waals surface area contributed by atoms with Gasteiger partial charge >= 0.3 is 5.97 Å². The first-order chi connectivity index (χ1) is 7.86. The van der Waals surface area contributed by atoms with Crippen molar-refractivity contribution in [2.24, 2.45) is 11.8 Å². The zero-order valence-electron chi connectivity index (χ0n) is 11.7. The van der Waals surface area contributed by atoms with E-state index in [4.69, 9.17) is 0 Å². The van der Waals surface area contributed by atoms with Crippen LogP contribution in [-0.2, 0) is 4.79 Å². The molecular formula is C14H27NO2. The second-order valence-corrected chi connectivity index (χ2v) is 6.18. The van der Waals surface area contributed by atoms with Crippen molar-refractivity contribution >= 4 is 5.97 Å². The van der Waals surface area contributed by atoms with E-state index in [2.05, 4.69) is 25.7 Å². The second kappa shape index (κ2) is 5.85. The van der Waals surface area contributed by atoms with Gasteiger partial charge in [0, 0.05) is 0 Å². The van der Waals surface area contributed by atoms with E-state index in [-0.39, 0.29) is 0 Å². The number of rotatable bonds is 5. The van der Waals surface area contributed by atoms with Crippen LogP contribution in [0.2, 0.25) is 0 Å². The van der Waals surface area contributed by atoms with Gasteiger partial charge in [-0.2, -0.15) is 0 Å². The van der Waals surface area contributed by atoms with E-state index in [1.165, 1.54) is 0 Å². The first-order valence-electron chi connectivity index (χ1n) is 6.84. The van der Waals surface area contributed by atoms with Crippen molar-refractivity contribution < 1.29 is 9.90 Å². The van der Waals surface area contributed by atoms with E-state index in [0.717, 1.165) is 44.7 Å².